The summed E-state index contributed by atoms with van der Waals surface area (Å²) in [6.07, 6.45) is 1.59. The Labute approximate surface area is 129 Å². The normalized spacial score (nSPS) is 12.1. The maximum absolute atomic E-state index is 11.9. The predicted octanol–water partition coefficient (Wildman–Crippen LogP) is 3.16. The minimum absolute atomic E-state index is 0.276. The second-order valence-electron chi connectivity index (χ2n) is 4.82. The van der Waals surface area contributed by atoms with Gasteiger partial charge in [0.05, 0.1) is 10.7 Å². The zero-order valence-corrected chi connectivity index (χ0v) is 13.9. The van der Waals surface area contributed by atoms with Crippen LogP contribution in [-0.4, -0.2) is 13.4 Å². The maximum Gasteiger partial charge on any atom is 0.234 e. The Morgan fingerprint density at radius 3 is 2.43 bits per heavy atom. The van der Waals surface area contributed by atoms with Crippen LogP contribution in [0.1, 0.15) is 26.7 Å². The van der Waals surface area contributed by atoms with E-state index in [9.17, 15) is 8.42 Å². The smallest absolute Gasteiger partial charge is 0.234 e. The van der Waals surface area contributed by atoms with Crippen molar-refractivity contribution in [3.63, 3.8) is 0 Å². The van der Waals surface area contributed by atoms with Crippen LogP contribution in [0.25, 0.3) is 6.08 Å². The van der Waals surface area contributed by atoms with Crippen molar-refractivity contribution in [2.45, 2.75) is 27.3 Å². The Morgan fingerprint density at radius 1 is 1.19 bits per heavy atom. The Kier molecular flexibility index (Phi) is 4.92. The van der Waals surface area contributed by atoms with Crippen molar-refractivity contribution >= 4 is 27.4 Å². The van der Waals surface area contributed by atoms with Crippen LogP contribution in [-0.2, 0) is 16.6 Å². The lowest BCUT2D eigenvalue weighted by Crippen LogP contribution is -2.20. The standard InChI is InChI=1S/C15H18N2O2S2/c1-11-4-6-14(7-5-11)8-9-21(18,19)16-10-15-12(2)17-13(3)20-15/h4-9,16H,10H2,1-3H3. The van der Waals surface area contributed by atoms with E-state index in [-0.39, 0.29) is 6.54 Å². The number of hydrogen-bond donors (Lipinski definition) is 1. The second-order valence-corrected chi connectivity index (χ2v) is 7.76. The number of rotatable bonds is 5. The molecule has 0 amide bonds. The van der Waals surface area contributed by atoms with E-state index in [0.29, 0.717) is 0 Å². The highest BCUT2D eigenvalue weighted by Gasteiger charge is 2.09. The van der Waals surface area contributed by atoms with E-state index >= 15 is 0 Å². The quantitative estimate of drug-likeness (QED) is 0.920. The molecule has 6 heteroatoms. The highest BCUT2D eigenvalue weighted by atomic mass is 32.2. The summed E-state index contributed by atoms with van der Waals surface area (Å²) in [6.45, 7) is 6.06. The van der Waals surface area contributed by atoms with Gasteiger partial charge in [0, 0.05) is 16.8 Å². The molecule has 0 unspecified atom stereocenters. The lowest BCUT2D eigenvalue weighted by Gasteiger charge is -2.01. The Morgan fingerprint density at radius 2 is 1.86 bits per heavy atom. The summed E-state index contributed by atoms with van der Waals surface area (Å²) in [5, 5.41) is 2.14. The molecular weight excluding hydrogens is 304 g/mol. The van der Waals surface area contributed by atoms with Crippen molar-refractivity contribution in [2.24, 2.45) is 0 Å². The Hall–Kier alpha value is -1.50. The largest absolute Gasteiger partial charge is 0.247 e. The van der Waals surface area contributed by atoms with Crippen LogP contribution in [0.4, 0.5) is 0 Å². The van der Waals surface area contributed by atoms with Crippen molar-refractivity contribution in [3.8, 4) is 0 Å². The molecule has 0 saturated carbocycles. The summed E-state index contributed by atoms with van der Waals surface area (Å²) in [4.78, 5) is 5.22. The molecule has 1 N–H and O–H groups in total. The summed E-state index contributed by atoms with van der Waals surface area (Å²) in [5.41, 5.74) is 2.88. The van der Waals surface area contributed by atoms with Gasteiger partial charge in [-0.05, 0) is 32.4 Å². The first-order chi connectivity index (χ1) is 9.85. The highest BCUT2D eigenvalue weighted by molar-refractivity contribution is 7.92. The molecule has 1 aromatic carbocycles. The average Bonchev–Trinajstić information content (AvgIpc) is 2.74. The van der Waals surface area contributed by atoms with Crippen LogP contribution in [0.15, 0.2) is 29.7 Å². The molecule has 0 saturated heterocycles. The van der Waals surface area contributed by atoms with Gasteiger partial charge in [0.15, 0.2) is 0 Å². The maximum atomic E-state index is 11.9. The van der Waals surface area contributed by atoms with Crippen molar-refractivity contribution in [2.75, 3.05) is 0 Å². The van der Waals surface area contributed by atoms with Crippen molar-refractivity contribution in [1.29, 1.82) is 0 Å². The molecule has 21 heavy (non-hydrogen) atoms. The van der Waals surface area contributed by atoms with Crippen LogP contribution in [0.3, 0.4) is 0 Å². The van der Waals surface area contributed by atoms with Gasteiger partial charge in [-0.3, -0.25) is 0 Å². The minimum Gasteiger partial charge on any atom is -0.247 e. The van der Waals surface area contributed by atoms with E-state index < -0.39 is 10.0 Å². The number of hydrogen-bond acceptors (Lipinski definition) is 4. The van der Waals surface area contributed by atoms with Gasteiger partial charge in [-0.1, -0.05) is 29.8 Å². The molecule has 0 radical (unpaired) electrons. The third-order valence-corrected chi connectivity index (χ3v) is 5.06. The molecule has 0 atom stereocenters. The minimum atomic E-state index is -3.45. The summed E-state index contributed by atoms with van der Waals surface area (Å²) >= 11 is 1.51. The number of sulfonamides is 1. The van der Waals surface area contributed by atoms with Gasteiger partial charge in [-0.2, -0.15) is 0 Å². The lowest BCUT2D eigenvalue weighted by molar-refractivity contribution is 0.591. The first-order valence-corrected chi connectivity index (χ1v) is 8.89. The van der Waals surface area contributed by atoms with E-state index in [1.807, 2.05) is 45.0 Å². The third kappa shape index (κ3) is 4.77. The van der Waals surface area contributed by atoms with E-state index in [4.69, 9.17) is 0 Å². The molecule has 0 aliphatic rings. The molecule has 1 aromatic heterocycles. The number of thiazole rings is 1. The van der Waals surface area contributed by atoms with Crippen LogP contribution in [0, 0.1) is 20.8 Å². The van der Waals surface area contributed by atoms with Crippen molar-refractivity contribution in [1.82, 2.24) is 9.71 Å². The van der Waals surface area contributed by atoms with Gasteiger partial charge in [-0.25, -0.2) is 18.1 Å². The molecule has 1 heterocycles. The zero-order valence-electron chi connectivity index (χ0n) is 12.3. The molecular formula is C15H18N2O2S2. The summed E-state index contributed by atoms with van der Waals surface area (Å²) in [5.74, 6) is 0. The van der Waals surface area contributed by atoms with Gasteiger partial charge < -0.3 is 0 Å². The lowest BCUT2D eigenvalue weighted by atomic mass is 10.2. The molecule has 112 valence electrons. The van der Waals surface area contributed by atoms with Crippen LogP contribution >= 0.6 is 11.3 Å². The topological polar surface area (TPSA) is 59.1 Å². The molecule has 0 fully saturated rings. The highest BCUT2D eigenvalue weighted by Crippen LogP contribution is 2.17. The number of nitrogens with one attached hydrogen (secondary N) is 1. The van der Waals surface area contributed by atoms with E-state index in [0.717, 1.165) is 26.7 Å². The van der Waals surface area contributed by atoms with Gasteiger partial charge in [0.2, 0.25) is 10.0 Å². The van der Waals surface area contributed by atoms with Crippen LogP contribution in [0.5, 0.6) is 0 Å². The fraction of sp³-hybridized carbons (Fsp3) is 0.267. The van der Waals surface area contributed by atoms with Gasteiger partial charge in [-0.15, -0.1) is 11.3 Å². The summed E-state index contributed by atoms with van der Waals surface area (Å²) in [7, 11) is -3.45. The summed E-state index contributed by atoms with van der Waals surface area (Å²) in [6, 6.07) is 7.67. The molecule has 4 nitrogen and oxygen atoms in total. The zero-order chi connectivity index (χ0) is 15.5. The first kappa shape index (κ1) is 15.9. The van der Waals surface area contributed by atoms with Crippen molar-refractivity contribution < 1.29 is 8.42 Å². The number of nitrogens with zero attached hydrogens (tertiary/aromatic N) is 1. The van der Waals surface area contributed by atoms with Gasteiger partial charge in [0.1, 0.15) is 0 Å². The van der Waals surface area contributed by atoms with Gasteiger partial charge in [0.25, 0.3) is 0 Å². The number of benzene rings is 1. The molecule has 0 bridgehead atoms. The monoisotopic (exact) mass is 322 g/mol. The predicted molar refractivity (Wildman–Crippen MR) is 87.6 cm³/mol. The third-order valence-electron chi connectivity index (χ3n) is 2.95. The van der Waals surface area contributed by atoms with E-state index in [1.54, 1.807) is 6.08 Å². The summed E-state index contributed by atoms with van der Waals surface area (Å²) < 4.78 is 26.5. The van der Waals surface area contributed by atoms with Gasteiger partial charge >= 0.3 is 0 Å². The fourth-order valence-corrected chi connectivity index (χ4v) is 3.54. The Bertz CT molecular complexity index is 744. The van der Waals surface area contributed by atoms with E-state index in [1.165, 1.54) is 16.7 Å². The average molecular weight is 322 g/mol. The second kappa shape index (κ2) is 6.51. The molecule has 0 spiro atoms. The molecule has 0 aliphatic heterocycles. The van der Waals surface area contributed by atoms with E-state index in [2.05, 4.69) is 9.71 Å². The number of aromatic nitrogens is 1. The molecule has 0 aliphatic carbocycles. The number of aryl methyl sites for hydroxylation is 3. The fourth-order valence-electron chi connectivity index (χ4n) is 1.80. The SMILES string of the molecule is Cc1ccc(C=CS(=O)(=O)NCc2sc(C)nc2C)cc1. The molecule has 2 rings (SSSR count). The van der Waals surface area contributed by atoms with Crippen LogP contribution < -0.4 is 4.72 Å². The van der Waals surface area contributed by atoms with Crippen molar-refractivity contribution in [3.05, 3.63) is 56.4 Å². The molecule has 2 aromatic rings. The first-order valence-electron chi connectivity index (χ1n) is 6.53. The Balaban J connectivity index is 2.02. The van der Waals surface area contributed by atoms with Crippen LogP contribution in [0.2, 0.25) is 0 Å².